The van der Waals surface area contributed by atoms with Crippen LogP contribution in [0.4, 0.5) is 0 Å². The molecule has 0 aliphatic rings. The van der Waals surface area contributed by atoms with E-state index in [1.807, 2.05) is 0 Å². The Hall–Kier alpha value is -3.08. The fourth-order valence-electron chi connectivity index (χ4n) is 5.41. The van der Waals surface area contributed by atoms with Gasteiger partial charge in [0.1, 0.15) is 0 Å². The molecule has 0 saturated carbocycles. The van der Waals surface area contributed by atoms with Gasteiger partial charge in [0, 0.05) is 21.2 Å². The molecule has 0 unspecified atom stereocenters. The number of hydrogen-bond acceptors (Lipinski definition) is 3. The van der Waals surface area contributed by atoms with E-state index in [9.17, 15) is 0 Å². The SMILES string of the molecule is C[Si](C)(C)N=P(c1ccccc1)(c1ccccc1)c1cccc(P(=N[Si](C)(C)C)(c2ccccc2)c2ccccc2)n1. The average Bonchev–Trinajstić information content (AvgIpc) is 2.99. The second kappa shape index (κ2) is 12.3. The van der Waals surface area contributed by atoms with Crippen LogP contribution in [-0.2, 0) is 0 Å². The second-order valence-electron chi connectivity index (χ2n) is 12.5. The predicted molar refractivity (Wildman–Crippen MR) is 193 cm³/mol. The van der Waals surface area contributed by atoms with Gasteiger partial charge in [0.15, 0.2) is 16.5 Å². The van der Waals surface area contributed by atoms with E-state index in [2.05, 4.69) is 179 Å². The van der Waals surface area contributed by atoms with E-state index in [0.717, 1.165) is 10.9 Å². The Labute approximate surface area is 254 Å². The largest absolute Gasteiger partial charge is 0.324 e. The van der Waals surface area contributed by atoms with Gasteiger partial charge in [-0.2, -0.15) is 0 Å². The highest BCUT2D eigenvalue weighted by Gasteiger charge is 2.35. The lowest BCUT2D eigenvalue weighted by Crippen LogP contribution is -2.36. The van der Waals surface area contributed by atoms with Gasteiger partial charge in [-0.15, -0.1) is 0 Å². The van der Waals surface area contributed by atoms with Crippen LogP contribution in [0.25, 0.3) is 0 Å². The van der Waals surface area contributed by atoms with Crippen molar-refractivity contribution in [3.8, 4) is 0 Å². The molecule has 0 aliphatic heterocycles. The molecule has 0 atom stereocenters. The van der Waals surface area contributed by atoms with Crippen molar-refractivity contribution in [2.24, 2.45) is 8.82 Å². The number of hydrogen-bond donors (Lipinski definition) is 0. The van der Waals surface area contributed by atoms with Gasteiger partial charge >= 0.3 is 0 Å². The third-order valence-electron chi connectivity index (χ3n) is 6.80. The van der Waals surface area contributed by atoms with Gasteiger partial charge in [-0.25, -0.2) is 4.98 Å². The summed E-state index contributed by atoms with van der Waals surface area (Å²) in [7, 11) is -8.77. The normalized spacial score (nSPS) is 12.5. The lowest BCUT2D eigenvalue weighted by atomic mass is 10.4. The molecule has 0 amide bonds. The molecule has 0 bridgehead atoms. The Kier molecular flexibility index (Phi) is 8.87. The molecule has 0 N–H and O–H groups in total. The standard InChI is InChI=1S/C35H41N3P2Si2/c1-41(2,3)37-39(30-20-11-7-12-21-30,31-22-13-8-14-23-31)34-28-19-29-35(36-34)40(38-42(4,5)6,32-24-15-9-16-25-32)33-26-17-10-18-27-33/h7-29H,1-6H3. The van der Waals surface area contributed by atoms with Gasteiger partial charge in [0.2, 0.25) is 0 Å². The Bertz CT molecular complexity index is 1530. The van der Waals surface area contributed by atoms with Gasteiger partial charge in [-0.05, 0) is 12.1 Å². The molecule has 42 heavy (non-hydrogen) atoms. The summed E-state index contributed by atoms with van der Waals surface area (Å²) in [5.74, 6) is 0. The van der Waals surface area contributed by atoms with Crippen LogP contribution < -0.4 is 32.1 Å². The number of nitrogens with zero attached hydrogens (tertiary/aromatic N) is 3. The van der Waals surface area contributed by atoms with Crippen LogP contribution >= 0.6 is 14.1 Å². The zero-order valence-corrected chi connectivity index (χ0v) is 29.3. The number of aromatic nitrogens is 1. The van der Waals surface area contributed by atoms with Crippen molar-refractivity contribution in [3.05, 3.63) is 140 Å². The Balaban J connectivity index is 1.95. The molecule has 5 rings (SSSR count). The van der Waals surface area contributed by atoms with Crippen molar-refractivity contribution in [2.75, 3.05) is 0 Å². The van der Waals surface area contributed by atoms with Gasteiger partial charge < -0.3 is 8.82 Å². The van der Waals surface area contributed by atoms with Crippen LogP contribution in [-0.4, -0.2) is 21.5 Å². The van der Waals surface area contributed by atoms with E-state index in [1.165, 1.54) is 21.2 Å². The van der Waals surface area contributed by atoms with Crippen LogP contribution in [0.5, 0.6) is 0 Å². The van der Waals surface area contributed by atoms with Crippen molar-refractivity contribution in [1.82, 2.24) is 4.98 Å². The van der Waals surface area contributed by atoms with Crippen molar-refractivity contribution in [2.45, 2.75) is 39.3 Å². The Morgan fingerprint density at radius 2 is 0.643 bits per heavy atom. The molecule has 0 aliphatic carbocycles. The molecule has 1 aromatic heterocycles. The first kappa shape index (κ1) is 30.4. The Morgan fingerprint density at radius 3 is 0.881 bits per heavy atom. The second-order valence-corrected chi connectivity index (χ2v) is 28.3. The van der Waals surface area contributed by atoms with E-state index < -0.39 is 30.6 Å². The van der Waals surface area contributed by atoms with Crippen molar-refractivity contribution in [3.63, 3.8) is 0 Å². The molecule has 0 saturated heterocycles. The summed E-state index contributed by atoms with van der Waals surface area (Å²) < 4.78 is 11.7. The molecule has 1 heterocycles. The third kappa shape index (κ3) is 6.31. The molecular weight excluding hydrogens is 581 g/mol. The lowest BCUT2D eigenvalue weighted by molar-refractivity contribution is 1.44. The summed E-state index contributed by atoms with van der Waals surface area (Å²) in [5, 5.41) is 4.98. The van der Waals surface area contributed by atoms with Crippen LogP contribution in [0.15, 0.2) is 148 Å². The van der Waals surface area contributed by atoms with Gasteiger partial charge in [-0.3, -0.25) is 0 Å². The maximum Gasteiger partial charge on any atom is 0.171 e. The highest BCUT2D eigenvalue weighted by atomic mass is 31.2. The first-order chi connectivity index (χ1) is 20.0. The fraction of sp³-hybridized carbons (Fsp3) is 0.171. The van der Waals surface area contributed by atoms with Crippen LogP contribution in [0.2, 0.25) is 39.3 Å². The van der Waals surface area contributed by atoms with Gasteiger partial charge in [0.25, 0.3) is 0 Å². The van der Waals surface area contributed by atoms with Gasteiger partial charge in [-0.1, -0.05) is 167 Å². The molecule has 0 spiro atoms. The number of pyridine rings is 1. The van der Waals surface area contributed by atoms with Crippen molar-refractivity contribution < 1.29 is 0 Å². The first-order valence-electron chi connectivity index (χ1n) is 14.5. The average molecular weight is 622 g/mol. The van der Waals surface area contributed by atoms with Crippen LogP contribution in [0.1, 0.15) is 0 Å². The minimum absolute atomic E-state index is 1.06. The van der Waals surface area contributed by atoms with E-state index in [-0.39, 0.29) is 0 Å². The van der Waals surface area contributed by atoms with E-state index in [0.29, 0.717) is 0 Å². The van der Waals surface area contributed by atoms with Gasteiger partial charge in [0.05, 0.1) is 25.0 Å². The quantitative estimate of drug-likeness (QED) is 0.129. The molecule has 214 valence electrons. The van der Waals surface area contributed by atoms with E-state index in [1.54, 1.807) is 0 Å². The summed E-state index contributed by atoms with van der Waals surface area (Å²) in [6.45, 7) is 14.0. The minimum atomic E-state index is -2.44. The molecule has 4 aromatic carbocycles. The van der Waals surface area contributed by atoms with Crippen LogP contribution in [0, 0.1) is 0 Å². The first-order valence-corrected chi connectivity index (χ1v) is 24.9. The molecule has 3 nitrogen and oxygen atoms in total. The molecule has 0 fully saturated rings. The molecule has 7 heteroatoms. The lowest BCUT2D eigenvalue weighted by Gasteiger charge is -2.33. The highest BCUT2D eigenvalue weighted by molar-refractivity contribution is 7.89. The number of rotatable bonds is 8. The molecule has 5 aromatic rings. The Morgan fingerprint density at radius 1 is 0.381 bits per heavy atom. The fourth-order valence-corrected chi connectivity index (χ4v) is 20.5. The summed E-state index contributed by atoms with van der Waals surface area (Å²) >= 11 is 0. The highest BCUT2D eigenvalue weighted by Crippen LogP contribution is 2.50. The minimum Gasteiger partial charge on any atom is -0.324 e. The zero-order valence-electron chi connectivity index (χ0n) is 25.5. The number of benzene rings is 4. The third-order valence-corrected chi connectivity index (χ3v) is 20.0. The van der Waals surface area contributed by atoms with E-state index in [4.69, 9.17) is 13.8 Å². The monoisotopic (exact) mass is 621 g/mol. The molecule has 0 radical (unpaired) electrons. The van der Waals surface area contributed by atoms with Crippen LogP contribution in [0.3, 0.4) is 0 Å². The zero-order chi connectivity index (χ0) is 29.8. The summed E-state index contributed by atoms with van der Waals surface area (Å²) in [5.41, 5.74) is 2.11. The maximum atomic E-state index is 5.87. The summed E-state index contributed by atoms with van der Waals surface area (Å²) in [4.78, 5) is 5.75. The summed E-state index contributed by atoms with van der Waals surface area (Å²) in [6.07, 6.45) is 0. The van der Waals surface area contributed by atoms with E-state index >= 15 is 0 Å². The molecular formula is C35H41N3P2Si2. The topological polar surface area (TPSA) is 37.6 Å². The predicted octanol–water partition coefficient (Wildman–Crippen LogP) is 7.71. The summed E-state index contributed by atoms with van der Waals surface area (Å²) in [6, 6.07) is 50.2. The van der Waals surface area contributed by atoms with Crippen molar-refractivity contribution in [1.29, 1.82) is 0 Å². The maximum absolute atomic E-state index is 5.87. The van der Waals surface area contributed by atoms with Crippen molar-refractivity contribution >= 4 is 62.7 Å². The smallest absolute Gasteiger partial charge is 0.171 e.